The van der Waals surface area contributed by atoms with Crippen molar-refractivity contribution in [1.29, 1.82) is 0 Å². The first-order chi connectivity index (χ1) is 7.66. The van der Waals surface area contributed by atoms with Crippen LogP contribution in [0.25, 0.3) is 11.3 Å². The third-order valence-electron chi connectivity index (χ3n) is 2.76. The fourth-order valence-corrected chi connectivity index (χ4v) is 2.13. The van der Waals surface area contributed by atoms with E-state index in [1.807, 2.05) is 20.2 Å². The molecule has 0 saturated heterocycles. The molecule has 0 amide bonds. The predicted molar refractivity (Wildman–Crippen MR) is 60.8 cm³/mol. The zero-order valence-corrected chi connectivity index (χ0v) is 9.18. The highest BCUT2D eigenvalue weighted by Crippen LogP contribution is 2.38. The maximum absolute atomic E-state index is 5.89. The summed E-state index contributed by atoms with van der Waals surface area (Å²) in [6, 6.07) is 1.93. The Labute approximate surface area is 92.7 Å². The van der Waals surface area contributed by atoms with Crippen molar-refractivity contribution in [2.24, 2.45) is 7.05 Å². The first kappa shape index (κ1) is 9.14. The standard InChI is InChI=1S/C10H12N6/c1-15-5-7-8(14-16(2)13-7)6-3-4-12-10(11)9(6)15/h3-4H,5H2,1-2H3,(H2,11,12). The minimum Gasteiger partial charge on any atom is -0.382 e. The van der Waals surface area contributed by atoms with Crippen molar-refractivity contribution in [2.45, 2.75) is 6.54 Å². The lowest BCUT2D eigenvalue weighted by molar-refractivity contribution is 0.645. The van der Waals surface area contributed by atoms with Gasteiger partial charge in [0.15, 0.2) is 0 Å². The van der Waals surface area contributed by atoms with E-state index in [4.69, 9.17) is 5.73 Å². The molecular weight excluding hydrogens is 204 g/mol. The highest BCUT2D eigenvalue weighted by Gasteiger charge is 2.25. The lowest BCUT2D eigenvalue weighted by atomic mass is 10.0. The maximum atomic E-state index is 5.89. The third-order valence-corrected chi connectivity index (χ3v) is 2.76. The minimum atomic E-state index is 0.538. The van der Waals surface area contributed by atoms with Crippen molar-refractivity contribution in [3.8, 4) is 11.3 Å². The van der Waals surface area contributed by atoms with Crippen molar-refractivity contribution >= 4 is 11.5 Å². The number of hydrogen-bond acceptors (Lipinski definition) is 5. The molecule has 0 radical (unpaired) electrons. The Bertz CT molecular complexity index is 558. The Hall–Kier alpha value is -2.11. The van der Waals surface area contributed by atoms with Crippen LogP contribution in [0.3, 0.4) is 0 Å². The second kappa shape index (κ2) is 2.94. The van der Waals surface area contributed by atoms with E-state index in [0.717, 1.165) is 22.6 Å². The van der Waals surface area contributed by atoms with Gasteiger partial charge < -0.3 is 10.6 Å². The normalized spacial score (nSPS) is 13.5. The molecule has 1 aliphatic rings. The average Bonchev–Trinajstić information content (AvgIpc) is 2.58. The van der Waals surface area contributed by atoms with E-state index in [2.05, 4.69) is 20.1 Å². The predicted octanol–water partition coefficient (Wildman–Crippen LogP) is 0.409. The van der Waals surface area contributed by atoms with Gasteiger partial charge in [-0.15, -0.1) is 0 Å². The number of nitrogens with zero attached hydrogens (tertiary/aromatic N) is 5. The van der Waals surface area contributed by atoms with Gasteiger partial charge in [-0.25, -0.2) is 4.98 Å². The van der Waals surface area contributed by atoms with E-state index in [1.165, 1.54) is 0 Å². The van der Waals surface area contributed by atoms with Crippen LogP contribution in [-0.2, 0) is 13.6 Å². The zero-order chi connectivity index (χ0) is 11.3. The molecule has 0 bridgehead atoms. The van der Waals surface area contributed by atoms with Crippen LogP contribution in [0.5, 0.6) is 0 Å². The van der Waals surface area contributed by atoms with Crippen molar-refractivity contribution < 1.29 is 0 Å². The van der Waals surface area contributed by atoms with Crippen LogP contribution in [0.15, 0.2) is 12.3 Å². The Balaban J connectivity index is 2.32. The number of aryl methyl sites for hydroxylation is 1. The second-order valence-corrected chi connectivity index (χ2v) is 3.93. The van der Waals surface area contributed by atoms with Gasteiger partial charge in [0.1, 0.15) is 17.2 Å². The van der Waals surface area contributed by atoms with Gasteiger partial charge in [-0.2, -0.15) is 15.0 Å². The van der Waals surface area contributed by atoms with Crippen LogP contribution in [-0.4, -0.2) is 27.0 Å². The van der Waals surface area contributed by atoms with Crippen LogP contribution >= 0.6 is 0 Å². The summed E-state index contributed by atoms with van der Waals surface area (Å²) >= 11 is 0. The molecule has 0 fully saturated rings. The Morgan fingerprint density at radius 1 is 1.31 bits per heavy atom. The molecule has 3 heterocycles. The molecule has 82 valence electrons. The summed E-state index contributed by atoms with van der Waals surface area (Å²) in [5.41, 5.74) is 9.71. The molecule has 16 heavy (non-hydrogen) atoms. The average molecular weight is 216 g/mol. The summed E-state index contributed by atoms with van der Waals surface area (Å²) in [4.78, 5) is 7.74. The van der Waals surface area contributed by atoms with E-state index in [1.54, 1.807) is 11.0 Å². The van der Waals surface area contributed by atoms with Crippen LogP contribution < -0.4 is 10.6 Å². The van der Waals surface area contributed by atoms with Gasteiger partial charge in [0.25, 0.3) is 0 Å². The first-order valence-electron chi connectivity index (χ1n) is 5.03. The number of fused-ring (bicyclic) bond motifs is 3. The van der Waals surface area contributed by atoms with Crippen molar-refractivity contribution in [3.05, 3.63) is 18.0 Å². The molecule has 6 heteroatoms. The van der Waals surface area contributed by atoms with Crippen molar-refractivity contribution in [2.75, 3.05) is 17.7 Å². The maximum Gasteiger partial charge on any atom is 0.147 e. The topological polar surface area (TPSA) is 72.9 Å². The van der Waals surface area contributed by atoms with E-state index in [9.17, 15) is 0 Å². The summed E-state index contributed by atoms with van der Waals surface area (Å²) in [6.07, 6.45) is 1.70. The fraction of sp³-hybridized carbons (Fsp3) is 0.300. The smallest absolute Gasteiger partial charge is 0.147 e. The first-order valence-corrected chi connectivity index (χ1v) is 5.03. The molecule has 0 aromatic carbocycles. The molecule has 3 rings (SSSR count). The lowest BCUT2D eigenvalue weighted by Gasteiger charge is -2.26. The number of nitrogens with two attached hydrogens (primary N) is 1. The number of nitrogen functional groups attached to an aromatic ring is 1. The van der Waals surface area contributed by atoms with Gasteiger partial charge in [-0.3, -0.25) is 0 Å². The molecule has 0 unspecified atom stereocenters. The van der Waals surface area contributed by atoms with Gasteiger partial charge >= 0.3 is 0 Å². The zero-order valence-electron chi connectivity index (χ0n) is 9.18. The molecule has 0 atom stereocenters. The van der Waals surface area contributed by atoms with E-state index >= 15 is 0 Å². The molecule has 0 saturated carbocycles. The number of aromatic nitrogens is 4. The molecule has 2 N–H and O–H groups in total. The van der Waals surface area contributed by atoms with Crippen LogP contribution in [0, 0.1) is 0 Å². The molecule has 2 aromatic heterocycles. The quantitative estimate of drug-likeness (QED) is 0.690. The number of anilines is 2. The molecule has 0 aliphatic carbocycles. The summed E-state index contributed by atoms with van der Waals surface area (Å²) < 4.78 is 0. The van der Waals surface area contributed by atoms with Gasteiger partial charge in [0, 0.05) is 25.9 Å². The summed E-state index contributed by atoms with van der Waals surface area (Å²) in [7, 11) is 3.80. The summed E-state index contributed by atoms with van der Waals surface area (Å²) in [5, 5.41) is 8.70. The summed E-state index contributed by atoms with van der Waals surface area (Å²) in [5.74, 6) is 0.538. The van der Waals surface area contributed by atoms with E-state index in [-0.39, 0.29) is 0 Å². The minimum absolute atomic E-state index is 0.538. The van der Waals surface area contributed by atoms with E-state index in [0.29, 0.717) is 12.4 Å². The number of rotatable bonds is 0. The molecule has 1 aliphatic heterocycles. The highest BCUT2D eigenvalue weighted by molar-refractivity contribution is 5.86. The highest BCUT2D eigenvalue weighted by atomic mass is 15.5. The van der Waals surface area contributed by atoms with Crippen LogP contribution in [0.2, 0.25) is 0 Å². The second-order valence-electron chi connectivity index (χ2n) is 3.93. The monoisotopic (exact) mass is 216 g/mol. The van der Waals surface area contributed by atoms with E-state index < -0.39 is 0 Å². The van der Waals surface area contributed by atoms with Crippen molar-refractivity contribution in [3.63, 3.8) is 0 Å². The third kappa shape index (κ3) is 1.09. The van der Waals surface area contributed by atoms with Crippen LogP contribution in [0.4, 0.5) is 11.5 Å². The van der Waals surface area contributed by atoms with Gasteiger partial charge in [-0.1, -0.05) is 0 Å². The fourth-order valence-electron chi connectivity index (χ4n) is 2.13. The number of pyridine rings is 1. The van der Waals surface area contributed by atoms with Crippen LogP contribution in [0.1, 0.15) is 5.69 Å². The Morgan fingerprint density at radius 2 is 2.12 bits per heavy atom. The summed E-state index contributed by atoms with van der Waals surface area (Å²) in [6.45, 7) is 0.714. The molecule has 2 aromatic rings. The van der Waals surface area contributed by atoms with Gasteiger partial charge in [0.2, 0.25) is 0 Å². The SMILES string of the molecule is CN1Cc2nn(C)nc2-c2ccnc(N)c21. The van der Waals surface area contributed by atoms with Crippen molar-refractivity contribution in [1.82, 2.24) is 20.0 Å². The molecule has 0 spiro atoms. The molecular formula is C10H12N6. The largest absolute Gasteiger partial charge is 0.382 e. The number of hydrogen-bond donors (Lipinski definition) is 1. The van der Waals surface area contributed by atoms with Gasteiger partial charge in [0.05, 0.1) is 12.2 Å². The molecule has 6 nitrogen and oxygen atoms in total. The van der Waals surface area contributed by atoms with Gasteiger partial charge in [-0.05, 0) is 6.07 Å². The Kier molecular flexibility index (Phi) is 1.68. The Morgan fingerprint density at radius 3 is 2.94 bits per heavy atom. The lowest BCUT2D eigenvalue weighted by Crippen LogP contribution is -2.23.